The molecule has 0 aliphatic rings. The zero-order valence-corrected chi connectivity index (χ0v) is 16.9. The highest BCUT2D eigenvalue weighted by Crippen LogP contribution is 2.33. The van der Waals surface area contributed by atoms with Crippen LogP contribution in [0, 0.1) is 5.82 Å². The van der Waals surface area contributed by atoms with Gasteiger partial charge in [-0.2, -0.15) is 0 Å². The molecule has 0 aliphatic heterocycles. The molecule has 0 fully saturated rings. The summed E-state index contributed by atoms with van der Waals surface area (Å²) in [5.41, 5.74) is 0.720. The number of anilines is 1. The number of hydrogen-bond donors (Lipinski definition) is 1. The fourth-order valence-corrected chi connectivity index (χ4v) is 4.25. The predicted molar refractivity (Wildman–Crippen MR) is 110 cm³/mol. The molecule has 2 aromatic carbocycles. The van der Waals surface area contributed by atoms with E-state index in [2.05, 4.69) is 18.8 Å². The highest BCUT2D eigenvalue weighted by molar-refractivity contribution is 7.22. The van der Waals surface area contributed by atoms with Gasteiger partial charge in [0.25, 0.3) is 5.91 Å². The molecule has 0 radical (unpaired) electrons. The van der Waals surface area contributed by atoms with E-state index in [1.165, 1.54) is 28.4 Å². The molecule has 0 atom stereocenters. The number of quaternary nitrogens is 1. The lowest BCUT2D eigenvalue weighted by molar-refractivity contribution is -0.894. The maximum atomic E-state index is 14.2. The number of nitrogens with one attached hydrogen (secondary N) is 1. The molecule has 0 saturated carbocycles. The Balaban J connectivity index is 1.99. The molecule has 7 heteroatoms. The summed E-state index contributed by atoms with van der Waals surface area (Å²) in [5.74, 6) is -0.906. The molecule has 0 aliphatic carbocycles. The van der Waals surface area contributed by atoms with Gasteiger partial charge in [0.1, 0.15) is 11.3 Å². The Morgan fingerprint density at radius 2 is 1.93 bits per heavy atom. The molecule has 0 spiro atoms. The highest BCUT2D eigenvalue weighted by Gasteiger charge is 2.25. The van der Waals surface area contributed by atoms with Gasteiger partial charge >= 0.3 is 0 Å². The van der Waals surface area contributed by atoms with Gasteiger partial charge in [0.2, 0.25) is 0 Å². The summed E-state index contributed by atoms with van der Waals surface area (Å²) in [4.78, 5) is 20.6. The van der Waals surface area contributed by atoms with Gasteiger partial charge in [-0.3, -0.25) is 9.69 Å². The lowest BCUT2D eigenvalue weighted by Gasteiger charge is -2.23. The quantitative estimate of drug-likeness (QED) is 0.650. The summed E-state index contributed by atoms with van der Waals surface area (Å²) in [6.07, 6.45) is 0. The van der Waals surface area contributed by atoms with Gasteiger partial charge in [0.15, 0.2) is 5.13 Å². The number of aromatic nitrogens is 1. The number of thiazole rings is 1. The second-order valence-electron chi connectivity index (χ2n) is 6.23. The van der Waals surface area contributed by atoms with Crippen LogP contribution in [0.2, 0.25) is 5.02 Å². The Morgan fingerprint density at radius 3 is 2.59 bits per heavy atom. The van der Waals surface area contributed by atoms with Crippen molar-refractivity contribution >= 4 is 44.2 Å². The number of rotatable bonds is 7. The van der Waals surface area contributed by atoms with E-state index in [0.29, 0.717) is 22.2 Å². The van der Waals surface area contributed by atoms with Crippen molar-refractivity contribution in [1.29, 1.82) is 0 Å². The van der Waals surface area contributed by atoms with Crippen molar-refractivity contribution in [3.05, 3.63) is 58.9 Å². The molecular formula is C20H22ClFN3OS+. The van der Waals surface area contributed by atoms with Gasteiger partial charge < -0.3 is 4.90 Å². The number of carbonyl (C=O) groups excluding carboxylic acids is 1. The van der Waals surface area contributed by atoms with Crippen LogP contribution in [0.15, 0.2) is 42.5 Å². The van der Waals surface area contributed by atoms with E-state index >= 15 is 0 Å². The fraction of sp³-hybridized carbons (Fsp3) is 0.300. The third-order valence-corrected chi connectivity index (χ3v) is 5.98. The van der Waals surface area contributed by atoms with Crippen LogP contribution in [0.25, 0.3) is 10.2 Å². The molecule has 1 N–H and O–H groups in total. The largest absolute Gasteiger partial charge is 0.334 e. The summed E-state index contributed by atoms with van der Waals surface area (Å²) in [6.45, 7) is 7.37. The van der Waals surface area contributed by atoms with Gasteiger partial charge in [-0.1, -0.05) is 41.1 Å². The Hall–Kier alpha value is -2.02. The third kappa shape index (κ3) is 4.29. The Labute approximate surface area is 167 Å². The van der Waals surface area contributed by atoms with Gasteiger partial charge in [-0.25, -0.2) is 9.37 Å². The molecule has 3 rings (SSSR count). The van der Waals surface area contributed by atoms with E-state index in [0.717, 1.165) is 24.3 Å². The number of likely N-dealkylation sites (N-methyl/N-ethyl adjacent to an activating group) is 1. The molecule has 0 saturated heterocycles. The number of para-hydroxylation sites is 1. The summed E-state index contributed by atoms with van der Waals surface area (Å²) < 4.78 is 15.1. The van der Waals surface area contributed by atoms with Crippen LogP contribution in [-0.4, -0.2) is 37.1 Å². The number of benzene rings is 2. The topological polar surface area (TPSA) is 37.6 Å². The predicted octanol–water partition coefficient (Wildman–Crippen LogP) is 3.66. The minimum atomic E-state index is -0.526. The molecule has 1 heterocycles. The third-order valence-electron chi connectivity index (χ3n) is 4.63. The summed E-state index contributed by atoms with van der Waals surface area (Å²) in [7, 11) is 0. The smallest absolute Gasteiger partial charge is 0.263 e. The second-order valence-corrected chi connectivity index (χ2v) is 7.64. The van der Waals surface area contributed by atoms with Crippen LogP contribution < -0.4 is 9.80 Å². The first kappa shape index (κ1) is 19.7. The van der Waals surface area contributed by atoms with Crippen LogP contribution in [-0.2, 0) is 0 Å². The van der Waals surface area contributed by atoms with E-state index in [-0.39, 0.29) is 11.5 Å². The first-order chi connectivity index (χ1) is 13.0. The molecule has 4 nitrogen and oxygen atoms in total. The zero-order chi connectivity index (χ0) is 19.4. The standard InChI is InChI=1S/C20H21ClFN3OS/c1-3-24(4-2)12-13-25(19(26)14-8-5-6-10-16(14)22)20-23-18-15(21)9-7-11-17(18)27-20/h5-11H,3-4,12-13H2,1-2H3/p+1. The Morgan fingerprint density at radius 1 is 1.19 bits per heavy atom. The van der Waals surface area contributed by atoms with Crippen LogP contribution in [0.5, 0.6) is 0 Å². The van der Waals surface area contributed by atoms with E-state index in [9.17, 15) is 9.18 Å². The van der Waals surface area contributed by atoms with Crippen molar-refractivity contribution < 1.29 is 14.1 Å². The van der Waals surface area contributed by atoms with Crippen molar-refractivity contribution in [2.24, 2.45) is 0 Å². The van der Waals surface area contributed by atoms with E-state index in [4.69, 9.17) is 11.6 Å². The van der Waals surface area contributed by atoms with Crippen molar-refractivity contribution in [3.63, 3.8) is 0 Å². The molecule has 1 aromatic heterocycles. The monoisotopic (exact) mass is 406 g/mol. The van der Waals surface area contributed by atoms with E-state index in [1.54, 1.807) is 23.1 Å². The van der Waals surface area contributed by atoms with E-state index < -0.39 is 5.82 Å². The Kier molecular flexibility index (Phi) is 6.42. The van der Waals surface area contributed by atoms with Gasteiger partial charge in [0, 0.05) is 0 Å². The lowest BCUT2D eigenvalue weighted by atomic mass is 10.2. The first-order valence-electron chi connectivity index (χ1n) is 9.00. The second kappa shape index (κ2) is 8.78. The number of nitrogens with zero attached hydrogens (tertiary/aromatic N) is 2. The average molecular weight is 407 g/mol. The van der Waals surface area contributed by atoms with Crippen LogP contribution in [0.3, 0.4) is 0 Å². The number of fused-ring (bicyclic) bond motifs is 1. The number of hydrogen-bond acceptors (Lipinski definition) is 3. The zero-order valence-electron chi connectivity index (χ0n) is 15.3. The van der Waals surface area contributed by atoms with E-state index in [1.807, 2.05) is 12.1 Å². The number of amides is 1. The average Bonchev–Trinajstić information content (AvgIpc) is 3.10. The molecule has 1 amide bonds. The molecule has 142 valence electrons. The highest BCUT2D eigenvalue weighted by atomic mass is 35.5. The summed E-state index contributed by atoms with van der Waals surface area (Å²) in [5, 5.41) is 1.08. The normalized spacial score (nSPS) is 11.3. The summed E-state index contributed by atoms with van der Waals surface area (Å²) in [6, 6.07) is 11.6. The molecule has 3 aromatic rings. The maximum absolute atomic E-state index is 14.2. The van der Waals surface area contributed by atoms with Crippen molar-refractivity contribution in [3.8, 4) is 0 Å². The molecule has 27 heavy (non-hydrogen) atoms. The van der Waals surface area contributed by atoms with Crippen LogP contribution in [0.1, 0.15) is 24.2 Å². The van der Waals surface area contributed by atoms with Gasteiger partial charge in [-0.05, 0) is 38.1 Å². The first-order valence-corrected chi connectivity index (χ1v) is 10.2. The minimum absolute atomic E-state index is 0.0531. The van der Waals surface area contributed by atoms with Gasteiger partial charge in [-0.15, -0.1) is 0 Å². The lowest BCUT2D eigenvalue weighted by Crippen LogP contribution is -3.12. The van der Waals surface area contributed by atoms with Crippen molar-refractivity contribution in [2.45, 2.75) is 13.8 Å². The fourth-order valence-electron chi connectivity index (χ4n) is 2.96. The summed E-state index contributed by atoms with van der Waals surface area (Å²) >= 11 is 7.64. The van der Waals surface area contributed by atoms with Gasteiger partial charge in [0.05, 0.1) is 41.5 Å². The minimum Gasteiger partial charge on any atom is -0.334 e. The molecule has 0 bridgehead atoms. The molecular weight excluding hydrogens is 385 g/mol. The van der Waals surface area contributed by atoms with Crippen molar-refractivity contribution in [1.82, 2.24) is 4.98 Å². The van der Waals surface area contributed by atoms with Crippen molar-refractivity contribution in [2.75, 3.05) is 31.1 Å². The molecule has 0 unspecified atom stereocenters. The van der Waals surface area contributed by atoms with Crippen LogP contribution in [0.4, 0.5) is 9.52 Å². The maximum Gasteiger partial charge on any atom is 0.263 e. The number of carbonyl (C=O) groups is 1. The van der Waals surface area contributed by atoms with Crippen LogP contribution >= 0.6 is 22.9 Å². The SMILES string of the molecule is CC[NH+](CC)CCN(C(=O)c1ccccc1F)c1nc2c(Cl)cccc2s1. The number of halogens is 2. The Bertz CT molecular complexity index is 942.